The van der Waals surface area contributed by atoms with Gasteiger partial charge in [0.2, 0.25) is 0 Å². The quantitative estimate of drug-likeness (QED) is 0.552. The van der Waals surface area contributed by atoms with Gasteiger partial charge in [0.15, 0.2) is 0 Å². The topological polar surface area (TPSA) is 35.5 Å². The van der Waals surface area contributed by atoms with Gasteiger partial charge in [0, 0.05) is 0 Å². The summed E-state index contributed by atoms with van der Waals surface area (Å²) in [6.45, 7) is 8.96. The zero-order chi connectivity index (χ0) is 9.07. The first kappa shape index (κ1) is 10.3. The van der Waals surface area contributed by atoms with E-state index in [4.69, 9.17) is 9.47 Å². The van der Waals surface area contributed by atoms with Crippen LogP contribution in [0.15, 0.2) is 0 Å². The molecule has 0 spiro atoms. The van der Waals surface area contributed by atoms with Crippen LogP contribution in [0.2, 0.25) is 0 Å². The Bertz CT molecular complexity index is 133. The van der Waals surface area contributed by atoms with Crippen molar-refractivity contribution in [1.29, 1.82) is 0 Å². The minimum atomic E-state index is -0.604. The molecule has 0 saturated carbocycles. The molecule has 66 valence electrons. The minimum Gasteiger partial charge on any atom is -0.432 e. The van der Waals surface area contributed by atoms with E-state index in [9.17, 15) is 4.79 Å². The van der Waals surface area contributed by atoms with E-state index >= 15 is 0 Å². The van der Waals surface area contributed by atoms with Crippen molar-refractivity contribution < 1.29 is 14.3 Å². The van der Waals surface area contributed by atoms with Crippen LogP contribution in [-0.4, -0.2) is 17.9 Å². The Kier molecular flexibility index (Phi) is 3.36. The number of carbonyl (C=O) groups is 1. The summed E-state index contributed by atoms with van der Waals surface area (Å²) in [5.41, 5.74) is -0.466. The van der Waals surface area contributed by atoms with Gasteiger partial charge in [-0.1, -0.05) is 0 Å². The third-order valence-electron chi connectivity index (χ3n) is 0.721. The van der Waals surface area contributed by atoms with Crippen LogP contribution < -0.4 is 0 Å². The van der Waals surface area contributed by atoms with Gasteiger partial charge in [-0.2, -0.15) is 0 Å². The van der Waals surface area contributed by atoms with Gasteiger partial charge < -0.3 is 9.47 Å². The monoisotopic (exact) mass is 160 g/mol. The van der Waals surface area contributed by atoms with Gasteiger partial charge in [-0.25, -0.2) is 4.79 Å². The summed E-state index contributed by atoms with van der Waals surface area (Å²) in [7, 11) is 0. The summed E-state index contributed by atoms with van der Waals surface area (Å²) in [4.78, 5) is 10.8. The van der Waals surface area contributed by atoms with Gasteiger partial charge in [0.05, 0.1) is 6.10 Å². The van der Waals surface area contributed by atoms with E-state index < -0.39 is 11.8 Å². The lowest BCUT2D eigenvalue weighted by atomic mass is 10.2. The van der Waals surface area contributed by atoms with Crippen LogP contribution in [0, 0.1) is 0 Å². The van der Waals surface area contributed by atoms with E-state index in [1.54, 1.807) is 34.6 Å². The molecule has 0 bridgehead atoms. The Balaban J connectivity index is 3.71. The number of rotatable bonds is 1. The molecule has 0 unspecified atom stereocenters. The number of hydrogen-bond acceptors (Lipinski definition) is 3. The van der Waals surface area contributed by atoms with Gasteiger partial charge in [-0.05, 0) is 34.6 Å². The molecule has 0 aliphatic carbocycles. The van der Waals surface area contributed by atoms with Crippen molar-refractivity contribution in [3.8, 4) is 0 Å². The van der Waals surface area contributed by atoms with Crippen LogP contribution >= 0.6 is 0 Å². The molecule has 0 fully saturated rings. The number of carbonyl (C=O) groups excluding carboxylic acids is 1. The highest BCUT2D eigenvalue weighted by Crippen LogP contribution is 2.08. The highest BCUT2D eigenvalue weighted by Gasteiger charge is 2.17. The van der Waals surface area contributed by atoms with Crippen molar-refractivity contribution in [1.82, 2.24) is 0 Å². The summed E-state index contributed by atoms with van der Waals surface area (Å²) in [6.07, 6.45) is -0.725. The smallest absolute Gasteiger partial charge is 0.432 e. The maximum atomic E-state index is 10.8. The molecule has 0 aliphatic heterocycles. The Morgan fingerprint density at radius 3 is 2.00 bits per heavy atom. The standard InChI is InChI=1S/C8H16O3/c1-6(2)10-7(9)11-8(3,4)5/h6H,1-5H3. The molecule has 0 saturated heterocycles. The van der Waals surface area contributed by atoms with Crippen LogP contribution in [0.3, 0.4) is 0 Å². The predicted molar refractivity (Wildman–Crippen MR) is 42.5 cm³/mol. The predicted octanol–water partition coefficient (Wildman–Crippen LogP) is 2.35. The fraction of sp³-hybridized carbons (Fsp3) is 0.875. The first-order valence-corrected chi connectivity index (χ1v) is 3.71. The van der Waals surface area contributed by atoms with Crippen LogP contribution in [0.1, 0.15) is 34.6 Å². The van der Waals surface area contributed by atoms with Crippen LogP contribution in [0.25, 0.3) is 0 Å². The van der Waals surface area contributed by atoms with E-state index in [0.717, 1.165) is 0 Å². The Labute approximate surface area is 67.7 Å². The third-order valence-corrected chi connectivity index (χ3v) is 0.721. The van der Waals surface area contributed by atoms with Gasteiger partial charge >= 0.3 is 6.16 Å². The second kappa shape index (κ2) is 3.60. The van der Waals surface area contributed by atoms with E-state index in [-0.39, 0.29) is 6.10 Å². The Morgan fingerprint density at radius 1 is 1.27 bits per heavy atom. The zero-order valence-corrected chi connectivity index (χ0v) is 7.80. The molecule has 0 heterocycles. The van der Waals surface area contributed by atoms with Crippen molar-refractivity contribution in [3.63, 3.8) is 0 Å². The number of hydrogen-bond donors (Lipinski definition) is 0. The molecule has 0 radical (unpaired) electrons. The second-order valence-electron chi connectivity index (χ2n) is 3.63. The van der Waals surface area contributed by atoms with Crippen LogP contribution in [0.5, 0.6) is 0 Å². The molecule has 0 rings (SSSR count). The zero-order valence-electron chi connectivity index (χ0n) is 7.80. The molecule has 0 aromatic carbocycles. The summed E-state index contributed by atoms with van der Waals surface area (Å²) < 4.78 is 9.65. The third kappa shape index (κ3) is 7.16. The summed E-state index contributed by atoms with van der Waals surface area (Å²) in [5, 5.41) is 0. The molecule has 3 nitrogen and oxygen atoms in total. The van der Waals surface area contributed by atoms with E-state index in [2.05, 4.69) is 0 Å². The molecule has 0 amide bonds. The molecule has 0 N–H and O–H groups in total. The average Bonchev–Trinajstić information content (AvgIpc) is 1.53. The fourth-order valence-electron chi connectivity index (χ4n) is 0.467. The maximum Gasteiger partial charge on any atom is 0.509 e. The first-order valence-electron chi connectivity index (χ1n) is 3.71. The van der Waals surface area contributed by atoms with Crippen molar-refractivity contribution in [3.05, 3.63) is 0 Å². The van der Waals surface area contributed by atoms with Gasteiger partial charge in [0.25, 0.3) is 0 Å². The molecule has 3 heteroatoms. The lowest BCUT2D eigenvalue weighted by Crippen LogP contribution is -2.25. The molecular formula is C8H16O3. The van der Waals surface area contributed by atoms with E-state index in [1.807, 2.05) is 0 Å². The van der Waals surface area contributed by atoms with Crippen molar-refractivity contribution in [2.24, 2.45) is 0 Å². The maximum absolute atomic E-state index is 10.8. The highest BCUT2D eigenvalue weighted by molar-refractivity contribution is 5.60. The highest BCUT2D eigenvalue weighted by atomic mass is 16.7. The molecular weight excluding hydrogens is 144 g/mol. The van der Waals surface area contributed by atoms with Gasteiger partial charge in [0.1, 0.15) is 5.60 Å². The summed E-state index contributed by atoms with van der Waals surface area (Å²) in [5.74, 6) is 0. The first-order chi connectivity index (χ1) is 4.81. The molecule has 0 aromatic heterocycles. The average molecular weight is 160 g/mol. The van der Waals surface area contributed by atoms with Crippen molar-refractivity contribution in [2.75, 3.05) is 0 Å². The summed E-state index contributed by atoms with van der Waals surface area (Å²) >= 11 is 0. The summed E-state index contributed by atoms with van der Waals surface area (Å²) in [6, 6.07) is 0. The minimum absolute atomic E-state index is 0.121. The molecule has 11 heavy (non-hydrogen) atoms. The lowest BCUT2D eigenvalue weighted by molar-refractivity contribution is -0.0199. The molecule has 0 aromatic rings. The number of ether oxygens (including phenoxy) is 2. The normalized spacial score (nSPS) is 11.5. The van der Waals surface area contributed by atoms with E-state index in [0.29, 0.717) is 0 Å². The van der Waals surface area contributed by atoms with Crippen molar-refractivity contribution >= 4 is 6.16 Å². The van der Waals surface area contributed by atoms with Crippen LogP contribution in [-0.2, 0) is 9.47 Å². The fourth-order valence-corrected chi connectivity index (χ4v) is 0.467. The second-order valence-corrected chi connectivity index (χ2v) is 3.63. The van der Waals surface area contributed by atoms with Gasteiger partial charge in [-0.15, -0.1) is 0 Å². The molecule has 0 aliphatic rings. The largest absolute Gasteiger partial charge is 0.509 e. The Morgan fingerprint density at radius 2 is 1.73 bits per heavy atom. The van der Waals surface area contributed by atoms with Crippen molar-refractivity contribution in [2.45, 2.75) is 46.3 Å². The van der Waals surface area contributed by atoms with Crippen LogP contribution in [0.4, 0.5) is 4.79 Å². The lowest BCUT2D eigenvalue weighted by Gasteiger charge is -2.19. The van der Waals surface area contributed by atoms with E-state index in [1.165, 1.54) is 0 Å². The Hall–Kier alpha value is -0.730. The molecule has 0 atom stereocenters. The van der Waals surface area contributed by atoms with Gasteiger partial charge in [-0.3, -0.25) is 0 Å². The SMILES string of the molecule is CC(C)OC(=O)OC(C)(C)C.